The summed E-state index contributed by atoms with van der Waals surface area (Å²) in [6.45, 7) is 2.58. The molecular formula is C45H36N2O2. The first-order chi connectivity index (χ1) is 24.2. The summed E-state index contributed by atoms with van der Waals surface area (Å²) in [5.74, 6) is -0.285. The molecule has 8 rings (SSSR count). The van der Waals surface area contributed by atoms with Gasteiger partial charge in [-0.3, -0.25) is 0 Å². The third-order valence-corrected chi connectivity index (χ3v) is 9.34. The molecule has 0 N–H and O–H groups in total. The van der Waals surface area contributed by atoms with E-state index in [9.17, 15) is 4.79 Å². The average molecular weight is 637 g/mol. The average Bonchev–Trinajstić information content (AvgIpc) is 3.65. The largest absolute Gasteiger partial charge is 0.462 e. The number of para-hydroxylation sites is 1. The highest BCUT2D eigenvalue weighted by Gasteiger charge is 2.28. The zero-order valence-electron chi connectivity index (χ0n) is 27.5. The second kappa shape index (κ2) is 13.2. The van der Waals surface area contributed by atoms with Gasteiger partial charge in [0, 0.05) is 11.1 Å². The van der Waals surface area contributed by atoms with E-state index in [4.69, 9.17) is 9.84 Å². The number of hydrazone groups is 1. The number of ether oxygens (including phenoxy) is 1. The summed E-state index contributed by atoms with van der Waals surface area (Å²) in [6, 6.07) is 50.2. The van der Waals surface area contributed by atoms with E-state index in [-0.39, 0.29) is 5.97 Å². The summed E-state index contributed by atoms with van der Waals surface area (Å²) in [6.07, 6.45) is 5.29. The molecule has 49 heavy (non-hydrogen) atoms. The first-order valence-corrected chi connectivity index (χ1v) is 17.1. The van der Waals surface area contributed by atoms with Crippen molar-refractivity contribution >= 4 is 34.7 Å². The van der Waals surface area contributed by atoms with Gasteiger partial charge in [0.25, 0.3) is 0 Å². The number of carbonyl (C=O) groups is 1. The molecule has 0 radical (unpaired) electrons. The number of hydrogen-bond donors (Lipinski definition) is 0. The molecule has 6 aromatic rings. The van der Waals surface area contributed by atoms with Crippen LogP contribution in [-0.4, -0.2) is 18.3 Å². The van der Waals surface area contributed by atoms with E-state index in [1.165, 1.54) is 27.8 Å². The van der Waals surface area contributed by atoms with Crippen molar-refractivity contribution in [3.63, 3.8) is 0 Å². The lowest BCUT2D eigenvalue weighted by Crippen LogP contribution is -2.14. The summed E-state index contributed by atoms with van der Waals surface area (Å²) in [7, 11) is 0. The second-order valence-electron chi connectivity index (χ2n) is 12.5. The molecule has 0 heterocycles. The first-order valence-electron chi connectivity index (χ1n) is 17.1. The fourth-order valence-corrected chi connectivity index (χ4v) is 6.90. The van der Waals surface area contributed by atoms with Gasteiger partial charge in [0.05, 0.1) is 29.3 Å². The van der Waals surface area contributed by atoms with Crippen molar-refractivity contribution in [2.45, 2.75) is 26.2 Å². The zero-order chi connectivity index (χ0) is 33.2. The van der Waals surface area contributed by atoms with Crippen LogP contribution in [0.25, 0.3) is 33.9 Å². The number of carbonyl (C=O) groups excluding carboxylic acids is 1. The molecule has 6 aromatic carbocycles. The van der Waals surface area contributed by atoms with Gasteiger partial charge in [-0.2, -0.15) is 5.10 Å². The fraction of sp³-hybridized carbons (Fsp3) is 0.111. The minimum Gasteiger partial charge on any atom is -0.462 e. The summed E-state index contributed by atoms with van der Waals surface area (Å²) in [4.78, 5) is 12.9. The molecule has 0 atom stereocenters. The lowest BCUT2D eigenvalue weighted by atomic mass is 10.0. The van der Waals surface area contributed by atoms with Crippen LogP contribution in [0.1, 0.15) is 64.4 Å². The van der Waals surface area contributed by atoms with E-state index >= 15 is 0 Å². The molecule has 0 fully saturated rings. The van der Waals surface area contributed by atoms with Crippen molar-refractivity contribution in [1.29, 1.82) is 0 Å². The number of benzene rings is 6. The van der Waals surface area contributed by atoms with Gasteiger partial charge in [-0.15, -0.1) is 0 Å². The quantitative estimate of drug-likeness (QED) is 0.0899. The molecule has 4 nitrogen and oxygen atoms in total. The van der Waals surface area contributed by atoms with E-state index in [0.717, 1.165) is 64.2 Å². The van der Waals surface area contributed by atoms with Crippen molar-refractivity contribution in [1.82, 2.24) is 0 Å². The minimum atomic E-state index is -0.285. The van der Waals surface area contributed by atoms with Gasteiger partial charge in [0.1, 0.15) is 0 Å². The van der Waals surface area contributed by atoms with Gasteiger partial charge in [-0.1, -0.05) is 129 Å². The van der Waals surface area contributed by atoms with Crippen molar-refractivity contribution in [2.75, 3.05) is 11.6 Å². The Morgan fingerprint density at radius 1 is 0.592 bits per heavy atom. The summed E-state index contributed by atoms with van der Waals surface area (Å²) in [5, 5.41) is 7.36. The predicted molar refractivity (Wildman–Crippen MR) is 201 cm³/mol. The van der Waals surface area contributed by atoms with Crippen molar-refractivity contribution in [3.05, 3.63) is 179 Å². The molecule has 0 unspecified atom stereocenters. The van der Waals surface area contributed by atoms with Crippen LogP contribution >= 0.6 is 0 Å². The lowest BCUT2D eigenvalue weighted by Gasteiger charge is -2.21. The van der Waals surface area contributed by atoms with Crippen molar-refractivity contribution < 1.29 is 9.53 Å². The van der Waals surface area contributed by atoms with Crippen LogP contribution in [0.2, 0.25) is 0 Å². The number of anilines is 2. The number of hydrogen-bond acceptors (Lipinski definition) is 4. The van der Waals surface area contributed by atoms with Gasteiger partial charge < -0.3 is 4.74 Å². The van der Waals surface area contributed by atoms with Crippen molar-refractivity contribution in [3.8, 4) is 22.3 Å². The monoisotopic (exact) mass is 636 g/mol. The summed E-state index contributed by atoms with van der Waals surface area (Å²) >= 11 is 0. The van der Waals surface area contributed by atoms with Gasteiger partial charge in [-0.05, 0) is 93.4 Å². The number of rotatable bonds is 9. The van der Waals surface area contributed by atoms with Crippen LogP contribution in [0.3, 0.4) is 0 Å². The molecule has 0 aromatic heterocycles. The van der Waals surface area contributed by atoms with Gasteiger partial charge in [0.15, 0.2) is 0 Å². The molecule has 0 saturated carbocycles. The number of nitrogens with zero attached hydrogens (tertiary/aromatic N) is 2. The normalized spacial score (nSPS) is 13.0. The lowest BCUT2D eigenvalue weighted by molar-refractivity contribution is 0.0498. The van der Waals surface area contributed by atoms with E-state index in [2.05, 4.69) is 110 Å². The highest BCUT2D eigenvalue weighted by Crippen LogP contribution is 2.45. The highest BCUT2D eigenvalue weighted by molar-refractivity contribution is 6.25. The molecule has 2 aliphatic carbocycles. The Balaban J connectivity index is 1.16. The smallest absolute Gasteiger partial charge is 0.338 e. The van der Waals surface area contributed by atoms with Crippen LogP contribution in [-0.2, 0) is 4.74 Å². The molecule has 2 aliphatic rings. The van der Waals surface area contributed by atoms with Gasteiger partial charge in [0.2, 0.25) is 0 Å². The van der Waals surface area contributed by atoms with Crippen LogP contribution in [0.15, 0.2) is 151 Å². The van der Waals surface area contributed by atoms with Gasteiger partial charge in [-0.25, -0.2) is 9.80 Å². The molecular weight excluding hydrogens is 601 g/mol. The van der Waals surface area contributed by atoms with Gasteiger partial charge >= 0.3 is 5.97 Å². The molecule has 0 bridgehead atoms. The topological polar surface area (TPSA) is 41.9 Å². The first kappa shape index (κ1) is 30.3. The number of fused-ring (bicyclic) bond motifs is 6. The SMILES string of the molecule is CCCCCOC(=O)c1ccc2c(c1)-c1ccccc1/C2=N/N(c1ccccc1)c1ccc(C=C2c3ccccc3-c3ccccc32)cc1. The Kier molecular flexibility index (Phi) is 8.20. The van der Waals surface area contributed by atoms with E-state index in [0.29, 0.717) is 12.2 Å². The standard InChI is InChI=1S/C45H36N2O2/c1-2-3-13-28-49-45(48)32-24-27-41-43(30-32)39-20-11-12-21-40(39)44(41)46-47(33-14-5-4-6-15-33)34-25-22-31(23-26-34)29-42-37-18-9-7-16-35(37)36-17-8-10-19-38(36)42/h4-12,14-27,29-30H,2-3,13,28H2,1H3/b46-44-. The third kappa shape index (κ3) is 5.76. The van der Waals surface area contributed by atoms with Crippen LogP contribution in [0, 0.1) is 0 Å². The van der Waals surface area contributed by atoms with Crippen LogP contribution in [0.5, 0.6) is 0 Å². The molecule has 4 heteroatoms. The Bertz CT molecular complexity index is 2180. The fourth-order valence-electron chi connectivity index (χ4n) is 6.90. The Hall–Kier alpha value is -6.00. The maximum absolute atomic E-state index is 12.9. The zero-order valence-corrected chi connectivity index (χ0v) is 27.5. The second-order valence-corrected chi connectivity index (χ2v) is 12.5. The predicted octanol–water partition coefficient (Wildman–Crippen LogP) is 11.2. The number of unbranched alkanes of at least 4 members (excludes halogenated alkanes) is 2. The highest BCUT2D eigenvalue weighted by atomic mass is 16.5. The molecule has 0 aliphatic heterocycles. The van der Waals surface area contributed by atoms with Crippen LogP contribution in [0.4, 0.5) is 11.4 Å². The Morgan fingerprint density at radius 2 is 1.14 bits per heavy atom. The van der Waals surface area contributed by atoms with E-state index in [1.54, 1.807) is 0 Å². The number of esters is 1. The van der Waals surface area contributed by atoms with Crippen molar-refractivity contribution in [2.24, 2.45) is 5.10 Å². The Labute approximate surface area is 287 Å². The van der Waals surface area contributed by atoms with Crippen LogP contribution < -0.4 is 5.01 Å². The third-order valence-electron chi connectivity index (χ3n) is 9.34. The molecule has 0 amide bonds. The minimum absolute atomic E-state index is 0.285. The molecule has 0 spiro atoms. The van der Waals surface area contributed by atoms with E-state index < -0.39 is 0 Å². The molecule has 0 saturated heterocycles. The maximum atomic E-state index is 12.9. The Morgan fingerprint density at radius 3 is 1.80 bits per heavy atom. The summed E-state index contributed by atoms with van der Waals surface area (Å²) in [5.41, 5.74) is 14.8. The summed E-state index contributed by atoms with van der Waals surface area (Å²) < 4.78 is 5.59. The van der Waals surface area contributed by atoms with E-state index in [1.807, 2.05) is 53.5 Å². The maximum Gasteiger partial charge on any atom is 0.338 e. The molecule has 238 valence electrons.